The van der Waals surface area contributed by atoms with E-state index in [2.05, 4.69) is 26.0 Å². The van der Waals surface area contributed by atoms with E-state index in [9.17, 15) is 0 Å². The highest BCUT2D eigenvalue weighted by molar-refractivity contribution is 9.10. The fraction of sp³-hybridized carbons (Fsp3) is 0.667. The molecule has 3 nitrogen and oxygen atoms in total. The zero-order valence-corrected chi connectivity index (χ0v) is 7.08. The van der Waals surface area contributed by atoms with E-state index >= 15 is 0 Å². The average Bonchev–Trinajstić information content (AvgIpc) is 2.62. The minimum atomic E-state index is 0.847. The first-order valence-electron chi connectivity index (χ1n) is 3.39. The Bertz CT molecular complexity index is 229. The second-order valence-corrected chi connectivity index (χ2v) is 3.36. The van der Waals surface area contributed by atoms with Gasteiger partial charge in [0.1, 0.15) is 6.33 Å². The van der Waals surface area contributed by atoms with E-state index in [1.54, 1.807) is 6.33 Å². The summed E-state index contributed by atoms with van der Waals surface area (Å²) in [6, 6.07) is 0. The number of hydrogen-bond donors (Lipinski definition) is 0. The van der Waals surface area contributed by atoms with Crippen molar-refractivity contribution in [3.8, 4) is 0 Å². The Morgan fingerprint density at radius 1 is 1.70 bits per heavy atom. The molecule has 0 unspecified atom stereocenters. The molecule has 1 fully saturated rings. The summed E-state index contributed by atoms with van der Waals surface area (Å²) < 4.78 is 2.75. The van der Waals surface area contributed by atoms with E-state index in [0.717, 1.165) is 17.2 Å². The second kappa shape index (κ2) is 2.34. The molecule has 10 heavy (non-hydrogen) atoms. The maximum Gasteiger partial charge on any atom is 0.195 e. The van der Waals surface area contributed by atoms with Crippen molar-refractivity contribution in [1.29, 1.82) is 0 Å². The van der Waals surface area contributed by atoms with E-state index in [4.69, 9.17) is 0 Å². The molecule has 0 radical (unpaired) electrons. The standard InChI is InChI=1S/C6H8BrN3/c7-6-8-4-9-10(6)3-5-1-2-5/h4-5H,1-3H2. The lowest BCUT2D eigenvalue weighted by atomic mass is 10.4. The Hall–Kier alpha value is -0.380. The molecule has 2 rings (SSSR count). The van der Waals surface area contributed by atoms with Gasteiger partial charge in [-0.3, -0.25) is 0 Å². The van der Waals surface area contributed by atoms with Crippen LogP contribution in [0.1, 0.15) is 12.8 Å². The zero-order chi connectivity index (χ0) is 6.97. The van der Waals surface area contributed by atoms with E-state index in [0.29, 0.717) is 0 Å². The molecule has 1 aromatic heterocycles. The highest BCUT2D eigenvalue weighted by Gasteiger charge is 2.22. The first-order valence-corrected chi connectivity index (χ1v) is 4.19. The number of aromatic nitrogens is 3. The van der Waals surface area contributed by atoms with Crippen LogP contribution in [0, 0.1) is 5.92 Å². The molecule has 0 amide bonds. The lowest BCUT2D eigenvalue weighted by Gasteiger charge is -1.97. The molecule has 54 valence electrons. The third-order valence-electron chi connectivity index (χ3n) is 1.70. The lowest BCUT2D eigenvalue weighted by molar-refractivity contribution is 0.550. The molecule has 0 bridgehead atoms. The van der Waals surface area contributed by atoms with Crippen molar-refractivity contribution < 1.29 is 0 Å². The molecule has 0 spiro atoms. The molecular formula is C6H8BrN3. The topological polar surface area (TPSA) is 30.7 Å². The van der Waals surface area contributed by atoms with Crippen LogP contribution in [-0.2, 0) is 6.54 Å². The fourth-order valence-electron chi connectivity index (χ4n) is 0.918. The summed E-state index contributed by atoms with van der Waals surface area (Å²) in [6.45, 7) is 1.03. The SMILES string of the molecule is Brc1ncnn1CC1CC1. The van der Waals surface area contributed by atoms with Crippen LogP contribution >= 0.6 is 15.9 Å². The molecule has 0 aromatic carbocycles. The third kappa shape index (κ3) is 1.21. The van der Waals surface area contributed by atoms with Gasteiger partial charge in [-0.1, -0.05) is 0 Å². The van der Waals surface area contributed by atoms with Crippen LogP contribution in [0.25, 0.3) is 0 Å². The van der Waals surface area contributed by atoms with E-state index in [1.165, 1.54) is 12.8 Å². The van der Waals surface area contributed by atoms with Crippen LogP contribution in [0.4, 0.5) is 0 Å². The van der Waals surface area contributed by atoms with Gasteiger partial charge in [-0.15, -0.1) is 0 Å². The Labute approximate surface area is 67.6 Å². The summed E-state index contributed by atoms with van der Waals surface area (Å²) in [5, 5.41) is 4.05. The van der Waals surface area contributed by atoms with Crippen LogP contribution in [0.15, 0.2) is 11.1 Å². The van der Waals surface area contributed by atoms with Crippen LogP contribution < -0.4 is 0 Å². The van der Waals surface area contributed by atoms with Gasteiger partial charge in [0, 0.05) is 6.54 Å². The number of halogens is 1. The molecule has 0 saturated heterocycles. The monoisotopic (exact) mass is 201 g/mol. The van der Waals surface area contributed by atoms with Crippen molar-refractivity contribution in [1.82, 2.24) is 14.8 Å². The Morgan fingerprint density at radius 3 is 3.00 bits per heavy atom. The Balaban J connectivity index is 2.08. The molecule has 1 aliphatic rings. The Morgan fingerprint density at radius 2 is 2.50 bits per heavy atom. The molecule has 1 heterocycles. The fourth-order valence-corrected chi connectivity index (χ4v) is 1.25. The normalized spacial score (nSPS) is 17.7. The molecule has 1 aliphatic carbocycles. The van der Waals surface area contributed by atoms with Crippen molar-refractivity contribution in [2.75, 3.05) is 0 Å². The van der Waals surface area contributed by atoms with E-state index in [-0.39, 0.29) is 0 Å². The van der Waals surface area contributed by atoms with Gasteiger partial charge in [0.25, 0.3) is 0 Å². The van der Waals surface area contributed by atoms with Crippen LogP contribution in [0.2, 0.25) is 0 Å². The van der Waals surface area contributed by atoms with Gasteiger partial charge in [-0.25, -0.2) is 9.67 Å². The van der Waals surface area contributed by atoms with Crippen molar-refractivity contribution >= 4 is 15.9 Å². The summed E-state index contributed by atoms with van der Waals surface area (Å²) in [4.78, 5) is 3.97. The van der Waals surface area contributed by atoms with Gasteiger partial charge in [0.05, 0.1) is 0 Å². The van der Waals surface area contributed by atoms with Gasteiger partial charge in [-0.2, -0.15) is 5.10 Å². The van der Waals surface area contributed by atoms with Crippen LogP contribution in [0.3, 0.4) is 0 Å². The van der Waals surface area contributed by atoms with Crippen LogP contribution in [0.5, 0.6) is 0 Å². The largest absolute Gasteiger partial charge is 0.240 e. The summed E-state index contributed by atoms with van der Waals surface area (Å²) in [6.07, 6.45) is 4.28. The first kappa shape index (κ1) is 6.34. The minimum absolute atomic E-state index is 0.847. The van der Waals surface area contributed by atoms with Crippen molar-refractivity contribution in [3.05, 3.63) is 11.1 Å². The quantitative estimate of drug-likeness (QED) is 0.726. The summed E-state index contributed by atoms with van der Waals surface area (Å²) >= 11 is 3.31. The average molecular weight is 202 g/mol. The number of hydrogen-bond acceptors (Lipinski definition) is 2. The summed E-state index contributed by atoms with van der Waals surface area (Å²) in [5.74, 6) is 0.859. The molecule has 4 heteroatoms. The smallest absolute Gasteiger partial charge is 0.195 e. The highest BCUT2D eigenvalue weighted by atomic mass is 79.9. The van der Waals surface area contributed by atoms with Crippen molar-refractivity contribution in [3.63, 3.8) is 0 Å². The number of rotatable bonds is 2. The molecule has 1 saturated carbocycles. The maximum atomic E-state index is 4.05. The zero-order valence-electron chi connectivity index (χ0n) is 5.50. The van der Waals surface area contributed by atoms with Crippen molar-refractivity contribution in [2.24, 2.45) is 5.92 Å². The summed E-state index contributed by atoms with van der Waals surface area (Å²) in [7, 11) is 0. The van der Waals surface area contributed by atoms with Gasteiger partial charge >= 0.3 is 0 Å². The highest BCUT2D eigenvalue weighted by Crippen LogP contribution is 2.30. The van der Waals surface area contributed by atoms with Gasteiger partial charge in [-0.05, 0) is 34.7 Å². The molecule has 0 aliphatic heterocycles. The maximum absolute atomic E-state index is 4.05. The van der Waals surface area contributed by atoms with Crippen molar-refractivity contribution in [2.45, 2.75) is 19.4 Å². The van der Waals surface area contributed by atoms with E-state index in [1.807, 2.05) is 4.68 Å². The third-order valence-corrected chi connectivity index (χ3v) is 2.31. The molecule has 0 N–H and O–H groups in total. The summed E-state index contributed by atoms with van der Waals surface area (Å²) in [5.41, 5.74) is 0. The number of nitrogens with zero attached hydrogens (tertiary/aromatic N) is 3. The van der Waals surface area contributed by atoms with Gasteiger partial charge in [0.2, 0.25) is 0 Å². The lowest BCUT2D eigenvalue weighted by Crippen LogP contribution is -2.01. The first-order chi connectivity index (χ1) is 4.86. The van der Waals surface area contributed by atoms with Gasteiger partial charge < -0.3 is 0 Å². The molecular weight excluding hydrogens is 194 g/mol. The molecule has 0 atom stereocenters. The van der Waals surface area contributed by atoms with E-state index < -0.39 is 0 Å². The predicted molar refractivity (Wildman–Crippen MR) is 40.4 cm³/mol. The predicted octanol–water partition coefficient (Wildman–Crippen LogP) is 1.45. The van der Waals surface area contributed by atoms with Gasteiger partial charge in [0.15, 0.2) is 4.73 Å². The Kier molecular flexibility index (Phi) is 1.48. The van der Waals surface area contributed by atoms with Crippen LogP contribution in [-0.4, -0.2) is 14.8 Å². The minimum Gasteiger partial charge on any atom is -0.240 e. The molecule has 1 aromatic rings. The second-order valence-electron chi connectivity index (χ2n) is 2.65.